The minimum atomic E-state index is -0.656. The number of rotatable bonds is 9. The van der Waals surface area contributed by atoms with Gasteiger partial charge in [-0.15, -0.1) is 0 Å². The summed E-state index contributed by atoms with van der Waals surface area (Å²) in [5, 5.41) is 12.8. The molecule has 0 spiro atoms. The molecule has 4 unspecified atom stereocenters. The van der Waals surface area contributed by atoms with Crippen molar-refractivity contribution in [3.63, 3.8) is 0 Å². The second-order valence-electron chi connectivity index (χ2n) is 8.30. The Balaban J connectivity index is 1.56. The largest absolute Gasteiger partial charge is 0.445 e. The van der Waals surface area contributed by atoms with E-state index in [1.54, 1.807) is 24.5 Å². The van der Waals surface area contributed by atoms with Crippen LogP contribution in [-0.4, -0.2) is 39.6 Å². The molecule has 3 aromatic rings. The molecular weight excluding hydrogens is 478 g/mol. The number of carbonyl (C=O) groups is 1. The number of ether oxygens (including phenoxy) is 3. The Morgan fingerprint density at radius 2 is 1.92 bits per heavy atom. The summed E-state index contributed by atoms with van der Waals surface area (Å²) in [7, 11) is 0. The number of nitrogens with zero attached hydrogens (tertiary/aromatic N) is 2. The maximum Gasteiger partial charge on any atom is 0.411 e. The Hall–Kier alpha value is -3.24. The summed E-state index contributed by atoms with van der Waals surface area (Å²) < 4.78 is 17.9. The molecule has 2 N–H and O–H groups in total. The van der Waals surface area contributed by atoms with Crippen molar-refractivity contribution in [1.29, 1.82) is 0 Å². The van der Waals surface area contributed by atoms with Gasteiger partial charge in [0.15, 0.2) is 11.4 Å². The van der Waals surface area contributed by atoms with Gasteiger partial charge in [-0.3, -0.25) is 5.32 Å². The van der Waals surface area contributed by atoms with Crippen molar-refractivity contribution in [1.82, 2.24) is 9.97 Å². The van der Waals surface area contributed by atoms with Gasteiger partial charge in [-0.05, 0) is 29.3 Å². The molecule has 1 saturated heterocycles. The van der Waals surface area contributed by atoms with Crippen LogP contribution in [0.25, 0.3) is 0 Å². The van der Waals surface area contributed by atoms with Crippen molar-refractivity contribution >= 4 is 23.5 Å². The minimum absolute atomic E-state index is 0.0154. The maximum atomic E-state index is 12.0. The molecule has 1 amide bonds. The van der Waals surface area contributed by atoms with Crippen LogP contribution in [0.2, 0.25) is 0 Å². The standard InChI is InChI=1S/C27H29N3O5S/c1-3-14-33-27(32)30-22-7-4-6-21(15-22)25-34-23(17-36-26-28-12-5-13-29-26)18(2)24(35-25)20-10-8-19(16-31)9-11-20/h3-13,15,18,23-25,31H,1,14,16-17H2,2H3,(H,30,32). The van der Waals surface area contributed by atoms with Crippen LogP contribution in [0.1, 0.15) is 36.0 Å². The molecule has 0 bridgehead atoms. The van der Waals surface area contributed by atoms with E-state index in [-0.39, 0.29) is 31.3 Å². The topological polar surface area (TPSA) is 103 Å². The highest BCUT2D eigenvalue weighted by Gasteiger charge is 2.38. The summed E-state index contributed by atoms with van der Waals surface area (Å²) in [6.07, 6.45) is 3.32. The SMILES string of the molecule is C=CCOC(=O)Nc1cccc(C2OC(CSc3ncccn3)C(C)C(c3ccc(CO)cc3)O2)c1. The van der Waals surface area contributed by atoms with E-state index in [1.165, 1.54) is 17.8 Å². The third-order valence-corrected chi connectivity index (χ3v) is 6.74. The summed E-state index contributed by atoms with van der Waals surface area (Å²) in [4.78, 5) is 20.6. The van der Waals surface area contributed by atoms with Crippen LogP contribution >= 0.6 is 11.8 Å². The minimum Gasteiger partial charge on any atom is -0.445 e. The highest BCUT2D eigenvalue weighted by atomic mass is 32.2. The lowest BCUT2D eigenvalue weighted by atomic mass is 9.91. The Morgan fingerprint density at radius 1 is 1.14 bits per heavy atom. The van der Waals surface area contributed by atoms with E-state index in [0.29, 0.717) is 16.6 Å². The lowest BCUT2D eigenvalue weighted by molar-refractivity contribution is -0.268. The van der Waals surface area contributed by atoms with Gasteiger partial charge in [0.25, 0.3) is 0 Å². The van der Waals surface area contributed by atoms with Gasteiger partial charge in [0.2, 0.25) is 0 Å². The van der Waals surface area contributed by atoms with Crippen molar-refractivity contribution in [3.8, 4) is 0 Å². The molecule has 1 aromatic heterocycles. The highest BCUT2D eigenvalue weighted by molar-refractivity contribution is 7.99. The number of hydrogen-bond acceptors (Lipinski definition) is 8. The summed E-state index contributed by atoms with van der Waals surface area (Å²) in [5.74, 6) is 0.676. The second kappa shape index (κ2) is 12.6. The lowest BCUT2D eigenvalue weighted by Crippen LogP contribution is -2.38. The normalized spacial score (nSPS) is 21.5. The first-order valence-corrected chi connectivity index (χ1v) is 12.6. The molecule has 2 heterocycles. The molecule has 188 valence electrons. The number of aliphatic hydroxyl groups is 1. The highest BCUT2D eigenvalue weighted by Crippen LogP contribution is 2.43. The molecule has 0 aliphatic carbocycles. The molecule has 0 saturated carbocycles. The quantitative estimate of drug-likeness (QED) is 0.229. The molecule has 2 aromatic carbocycles. The number of amides is 1. The van der Waals surface area contributed by atoms with Gasteiger partial charge in [-0.1, -0.05) is 67.7 Å². The molecule has 8 nitrogen and oxygen atoms in total. The smallest absolute Gasteiger partial charge is 0.411 e. The third-order valence-electron chi connectivity index (χ3n) is 5.78. The number of aliphatic hydroxyl groups excluding tert-OH is 1. The van der Waals surface area contributed by atoms with Gasteiger partial charge >= 0.3 is 6.09 Å². The zero-order valence-corrected chi connectivity index (χ0v) is 20.8. The van der Waals surface area contributed by atoms with E-state index in [0.717, 1.165) is 16.7 Å². The van der Waals surface area contributed by atoms with Gasteiger partial charge in [-0.2, -0.15) is 0 Å². The van der Waals surface area contributed by atoms with Crippen LogP contribution in [0, 0.1) is 5.92 Å². The number of hydrogen-bond donors (Lipinski definition) is 2. The van der Waals surface area contributed by atoms with Crippen LogP contribution in [0.15, 0.2) is 84.8 Å². The summed E-state index contributed by atoms with van der Waals surface area (Å²) >= 11 is 1.53. The Kier molecular flexibility index (Phi) is 9.07. The lowest BCUT2D eigenvalue weighted by Gasteiger charge is -2.41. The Labute approximate surface area is 214 Å². The predicted octanol–water partition coefficient (Wildman–Crippen LogP) is 5.29. The molecule has 1 aliphatic rings. The van der Waals surface area contributed by atoms with E-state index < -0.39 is 12.4 Å². The summed E-state index contributed by atoms with van der Waals surface area (Å²) in [5.41, 5.74) is 3.18. The van der Waals surface area contributed by atoms with Crippen LogP contribution in [0.3, 0.4) is 0 Å². The van der Waals surface area contributed by atoms with E-state index in [9.17, 15) is 9.90 Å². The van der Waals surface area contributed by atoms with Gasteiger partial charge in [0, 0.05) is 35.3 Å². The average molecular weight is 508 g/mol. The number of carbonyl (C=O) groups excluding carboxylic acids is 1. The first kappa shape index (κ1) is 25.8. The van der Waals surface area contributed by atoms with Gasteiger partial charge in [0.1, 0.15) is 6.61 Å². The van der Waals surface area contributed by atoms with E-state index in [2.05, 4.69) is 28.8 Å². The molecular formula is C27H29N3O5S. The molecule has 4 rings (SSSR count). The average Bonchev–Trinajstić information content (AvgIpc) is 2.92. The van der Waals surface area contributed by atoms with E-state index in [4.69, 9.17) is 14.2 Å². The molecule has 4 atom stereocenters. The fourth-order valence-corrected chi connectivity index (χ4v) is 4.84. The summed E-state index contributed by atoms with van der Waals surface area (Å²) in [6, 6.07) is 16.9. The molecule has 1 aliphatic heterocycles. The second-order valence-corrected chi connectivity index (χ2v) is 9.29. The molecule has 9 heteroatoms. The number of benzene rings is 2. The van der Waals surface area contributed by atoms with Crippen LogP contribution < -0.4 is 5.32 Å². The molecule has 0 radical (unpaired) electrons. The number of thioether (sulfide) groups is 1. The monoisotopic (exact) mass is 507 g/mol. The molecule has 1 fully saturated rings. The van der Waals surface area contributed by atoms with Crippen molar-refractivity contribution < 1.29 is 24.1 Å². The van der Waals surface area contributed by atoms with Crippen molar-refractivity contribution in [2.75, 3.05) is 17.7 Å². The first-order valence-electron chi connectivity index (χ1n) is 11.6. The predicted molar refractivity (Wildman–Crippen MR) is 137 cm³/mol. The van der Waals surface area contributed by atoms with Crippen molar-refractivity contribution in [3.05, 3.63) is 96.3 Å². The summed E-state index contributed by atoms with van der Waals surface area (Å²) in [6.45, 7) is 5.76. The maximum absolute atomic E-state index is 12.0. The fraction of sp³-hybridized carbons (Fsp3) is 0.296. The van der Waals surface area contributed by atoms with E-state index in [1.807, 2.05) is 42.5 Å². The van der Waals surface area contributed by atoms with E-state index >= 15 is 0 Å². The zero-order valence-electron chi connectivity index (χ0n) is 19.9. The first-order chi connectivity index (χ1) is 17.6. The molecule has 36 heavy (non-hydrogen) atoms. The van der Waals surface area contributed by atoms with Crippen LogP contribution in [0.4, 0.5) is 10.5 Å². The number of aromatic nitrogens is 2. The number of nitrogens with one attached hydrogen (secondary N) is 1. The van der Waals surface area contributed by atoms with Crippen molar-refractivity contribution in [2.24, 2.45) is 5.92 Å². The fourth-order valence-electron chi connectivity index (χ4n) is 3.88. The van der Waals surface area contributed by atoms with Gasteiger partial charge in [-0.25, -0.2) is 14.8 Å². The van der Waals surface area contributed by atoms with Crippen LogP contribution in [-0.2, 0) is 20.8 Å². The Morgan fingerprint density at radius 3 is 2.64 bits per heavy atom. The zero-order chi connectivity index (χ0) is 25.3. The number of anilines is 1. The van der Waals surface area contributed by atoms with Gasteiger partial charge in [0.05, 0.1) is 18.8 Å². The van der Waals surface area contributed by atoms with Gasteiger partial charge < -0.3 is 19.3 Å². The Bertz CT molecular complexity index is 1150. The van der Waals surface area contributed by atoms with Crippen molar-refractivity contribution in [2.45, 2.75) is 37.2 Å². The van der Waals surface area contributed by atoms with Crippen LogP contribution in [0.5, 0.6) is 0 Å². The third kappa shape index (κ3) is 6.70.